The number of sulfonamides is 1. The number of thiazole rings is 1. The van der Waals surface area contributed by atoms with Gasteiger partial charge in [-0.25, -0.2) is 27.5 Å². The number of pyridine rings is 1. The summed E-state index contributed by atoms with van der Waals surface area (Å²) in [6, 6.07) is 10.9. The van der Waals surface area contributed by atoms with Crippen LogP contribution < -0.4 is 20.8 Å². The number of methoxy groups -OCH3 is 1. The van der Waals surface area contributed by atoms with E-state index in [9.17, 15) is 17.6 Å². The molecule has 0 unspecified atom stereocenters. The van der Waals surface area contributed by atoms with Gasteiger partial charge in [-0.05, 0) is 54.4 Å². The molecule has 2 aromatic carbocycles. The number of halogens is 2. The van der Waals surface area contributed by atoms with Gasteiger partial charge in [-0.2, -0.15) is 5.10 Å². The molecular weight excluding hydrogens is 617 g/mol. The Morgan fingerprint density at radius 1 is 1.19 bits per heavy atom. The second-order valence-corrected chi connectivity index (χ2v) is 12.7. The number of rotatable bonds is 7. The molecule has 43 heavy (non-hydrogen) atoms. The molecule has 1 atom stereocenters. The molecule has 0 fully saturated rings. The first kappa shape index (κ1) is 25.0. The van der Waals surface area contributed by atoms with Gasteiger partial charge >= 0.3 is 0 Å². The van der Waals surface area contributed by atoms with Crippen molar-refractivity contribution in [2.24, 2.45) is 0 Å². The Bertz CT molecular complexity index is 2340. The minimum atomic E-state index is -3.86. The zero-order valence-electron chi connectivity index (χ0n) is 25.4. The summed E-state index contributed by atoms with van der Waals surface area (Å²) < 4.78 is 71.3. The van der Waals surface area contributed by atoms with Gasteiger partial charge in [0.1, 0.15) is 39.4 Å². The number of nitrogens with zero attached hydrogens (tertiary/aromatic N) is 5. The van der Waals surface area contributed by atoms with E-state index >= 15 is 0 Å². The number of hydrogen-bond acceptors (Lipinski definition) is 9. The predicted octanol–water partition coefficient (Wildman–Crippen LogP) is 5.20. The molecule has 0 spiro atoms. The zero-order chi connectivity index (χ0) is 33.1. The fourth-order valence-electron chi connectivity index (χ4n) is 4.96. The van der Waals surface area contributed by atoms with Gasteiger partial charge in [0.05, 0.1) is 40.1 Å². The lowest BCUT2D eigenvalue weighted by Gasteiger charge is -2.18. The van der Waals surface area contributed by atoms with Crippen molar-refractivity contribution in [3.05, 3.63) is 87.1 Å². The molecule has 0 saturated heterocycles. The van der Waals surface area contributed by atoms with Gasteiger partial charge in [-0.1, -0.05) is 23.7 Å². The third kappa shape index (κ3) is 5.07. The van der Waals surface area contributed by atoms with Gasteiger partial charge in [0.15, 0.2) is 5.65 Å². The van der Waals surface area contributed by atoms with Gasteiger partial charge < -0.3 is 10.5 Å². The van der Waals surface area contributed by atoms with Crippen LogP contribution in [0.2, 0.25) is 5.15 Å². The third-order valence-corrected chi connectivity index (χ3v) is 8.68. The van der Waals surface area contributed by atoms with E-state index < -0.39 is 34.5 Å². The largest absolute Gasteiger partial charge is 0.495 e. The maximum Gasteiger partial charge on any atom is 0.265 e. The Balaban J connectivity index is 1.59. The fourth-order valence-corrected chi connectivity index (χ4v) is 6.68. The second kappa shape index (κ2) is 10.6. The highest BCUT2D eigenvalue weighted by molar-refractivity contribution is 7.92. The number of fused-ring (bicyclic) bond motifs is 2. The lowest BCUT2D eigenvalue weighted by atomic mass is 9.97. The smallest absolute Gasteiger partial charge is 0.265 e. The maximum absolute atomic E-state index is 14.4. The lowest BCUT2D eigenvalue weighted by Crippen LogP contribution is -2.20. The first-order chi connectivity index (χ1) is 21.6. The molecule has 220 valence electrons. The molecule has 0 saturated carbocycles. The van der Waals surface area contributed by atoms with Crippen LogP contribution in [0.3, 0.4) is 0 Å². The van der Waals surface area contributed by atoms with E-state index in [1.807, 2.05) is 0 Å². The SMILES string of the molecule is [2H]C([2H])([2H])Oc1ccc(-c2nn([C@@H](C)c3cc4scc(Cl)n4c(=O)c3-c3cccc(F)c3)c3ncnc(N)c23)cc1NS(C)(=O)=O. The standard InChI is InChI=1S/C28H23ClFN7O4S2/c1-14(18-11-22-36(21(29)12-42-22)28(38)23(18)15-5-4-6-17(30)9-15)37-27-24(26(31)32-13-33-27)25(34-37)16-7-8-20(41-2)19(10-16)35-43(3,39)40/h4-14,35H,1-3H3,(H2,31,32,33)/t14-/m0/s1/i2D3. The van der Waals surface area contributed by atoms with E-state index in [1.54, 1.807) is 24.4 Å². The van der Waals surface area contributed by atoms with Crippen LogP contribution in [0.1, 0.15) is 22.6 Å². The molecule has 0 radical (unpaired) electrons. The Labute approximate surface area is 257 Å². The van der Waals surface area contributed by atoms with Crippen LogP contribution in [-0.2, 0) is 10.0 Å². The molecule has 4 heterocycles. The Morgan fingerprint density at radius 2 is 2.00 bits per heavy atom. The van der Waals surface area contributed by atoms with E-state index in [-0.39, 0.29) is 39.3 Å². The third-order valence-electron chi connectivity index (χ3n) is 6.80. The van der Waals surface area contributed by atoms with Crippen LogP contribution in [0.5, 0.6) is 5.75 Å². The summed E-state index contributed by atoms with van der Waals surface area (Å²) in [5.74, 6) is -0.711. The Hall–Kier alpha value is -4.53. The predicted molar refractivity (Wildman–Crippen MR) is 166 cm³/mol. The first-order valence-electron chi connectivity index (χ1n) is 14.0. The van der Waals surface area contributed by atoms with Crippen molar-refractivity contribution in [2.75, 3.05) is 23.7 Å². The number of nitrogens with one attached hydrogen (secondary N) is 1. The van der Waals surface area contributed by atoms with Gasteiger partial charge in [0, 0.05) is 10.9 Å². The number of hydrogen-bond donors (Lipinski definition) is 2. The van der Waals surface area contributed by atoms with Crippen molar-refractivity contribution in [2.45, 2.75) is 13.0 Å². The molecule has 4 aromatic heterocycles. The van der Waals surface area contributed by atoms with Crippen LogP contribution in [0.25, 0.3) is 38.2 Å². The summed E-state index contributed by atoms with van der Waals surface area (Å²) in [5, 5.41) is 6.95. The highest BCUT2D eigenvalue weighted by Gasteiger charge is 2.26. The molecule has 0 aliphatic rings. The summed E-state index contributed by atoms with van der Waals surface area (Å²) in [4.78, 5) is 23.0. The molecule has 6 aromatic rings. The minimum absolute atomic E-state index is 0.0600. The van der Waals surface area contributed by atoms with Crippen molar-refractivity contribution >= 4 is 60.3 Å². The fraction of sp³-hybridized carbons (Fsp3) is 0.143. The summed E-state index contributed by atoms with van der Waals surface area (Å²) in [6.45, 7) is 1.78. The number of nitrogens with two attached hydrogens (primary N) is 1. The van der Waals surface area contributed by atoms with Crippen molar-refractivity contribution in [1.82, 2.24) is 24.1 Å². The molecule has 0 amide bonds. The Kier molecular flexibility index (Phi) is 6.18. The average Bonchev–Trinajstić information content (AvgIpc) is 3.54. The number of ether oxygens (including phenoxy) is 1. The number of nitrogen functional groups attached to an aromatic ring is 1. The van der Waals surface area contributed by atoms with Crippen LogP contribution in [-0.4, -0.2) is 45.9 Å². The van der Waals surface area contributed by atoms with E-state index in [0.717, 1.165) is 6.26 Å². The zero-order valence-corrected chi connectivity index (χ0v) is 24.8. The van der Waals surface area contributed by atoms with E-state index in [1.165, 1.54) is 63.1 Å². The van der Waals surface area contributed by atoms with Gasteiger partial charge in [0.25, 0.3) is 5.56 Å². The van der Waals surface area contributed by atoms with Gasteiger partial charge in [0.2, 0.25) is 10.0 Å². The minimum Gasteiger partial charge on any atom is -0.495 e. The molecular formula is C28H23ClFN7O4S2. The Morgan fingerprint density at radius 3 is 2.74 bits per heavy atom. The average molecular weight is 643 g/mol. The van der Waals surface area contributed by atoms with Crippen LogP contribution >= 0.6 is 22.9 Å². The number of benzene rings is 2. The first-order valence-corrected chi connectivity index (χ1v) is 15.6. The van der Waals surface area contributed by atoms with E-state index in [0.29, 0.717) is 26.9 Å². The summed E-state index contributed by atoms with van der Waals surface area (Å²) in [6.07, 6.45) is 2.16. The molecule has 0 bridgehead atoms. The topological polar surface area (TPSA) is 146 Å². The van der Waals surface area contributed by atoms with Crippen LogP contribution in [0, 0.1) is 5.82 Å². The highest BCUT2D eigenvalue weighted by Crippen LogP contribution is 2.38. The molecule has 0 aliphatic heterocycles. The normalized spacial score (nSPS) is 13.9. The highest BCUT2D eigenvalue weighted by atomic mass is 35.5. The van der Waals surface area contributed by atoms with Crippen LogP contribution in [0.15, 0.2) is 65.0 Å². The van der Waals surface area contributed by atoms with Crippen molar-refractivity contribution in [1.29, 1.82) is 0 Å². The van der Waals surface area contributed by atoms with Gasteiger partial charge in [-0.3, -0.25) is 13.9 Å². The van der Waals surface area contributed by atoms with Crippen molar-refractivity contribution < 1.29 is 21.7 Å². The molecule has 6 rings (SSSR count). The van der Waals surface area contributed by atoms with E-state index in [2.05, 4.69) is 14.7 Å². The second-order valence-electron chi connectivity index (χ2n) is 9.64. The summed E-state index contributed by atoms with van der Waals surface area (Å²) in [5.41, 5.74) is 7.57. The lowest BCUT2D eigenvalue weighted by molar-refractivity contribution is 0.417. The monoisotopic (exact) mass is 642 g/mol. The summed E-state index contributed by atoms with van der Waals surface area (Å²) in [7, 11) is -6.72. The molecule has 11 nitrogen and oxygen atoms in total. The quantitative estimate of drug-likeness (QED) is 0.242. The van der Waals surface area contributed by atoms with Gasteiger partial charge in [-0.15, -0.1) is 11.3 Å². The molecule has 0 aliphatic carbocycles. The number of aromatic nitrogens is 5. The van der Waals surface area contributed by atoms with Crippen molar-refractivity contribution in [3.8, 4) is 28.1 Å². The number of anilines is 2. The summed E-state index contributed by atoms with van der Waals surface area (Å²) >= 11 is 7.61. The van der Waals surface area contributed by atoms with Crippen LogP contribution in [0.4, 0.5) is 15.9 Å². The van der Waals surface area contributed by atoms with Crippen molar-refractivity contribution in [3.63, 3.8) is 0 Å². The molecule has 15 heteroatoms. The maximum atomic E-state index is 14.4. The molecule has 3 N–H and O–H groups in total. The van der Waals surface area contributed by atoms with E-state index in [4.69, 9.17) is 31.3 Å².